The molecular weight excluding hydrogens is 375 g/mol. The summed E-state index contributed by atoms with van der Waals surface area (Å²) in [7, 11) is -4.03. The Kier molecular flexibility index (Phi) is 4.18. The lowest BCUT2D eigenvalue weighted by Crippen LogP contribution is -2.31. The molecule has 7 nitrogen and oxygen atoms in total. The molecule has 142 valence electrons. The van der Waals surface area contributed by atoms with Crippen molar-refractivity contribution in [2.24, 2.45) is 0 Å². The third kappa shape index (κ3) is 3.42. The Morgan fingerprint density at radius 2 is 1.89 bits per heavy atom. The van der Waals surface area contributed by atoms with E-state index in [1.807, 2.05) is 0 Å². The van der Waals surface area contributed by atoms with Crippen LogP contribution in [0, 0.1) is 5.82 Å². The van der Waals surface area contributed by atoms with Crippen molar-refractivity contribution in [2.45, 2.75) is 30.7 Å². The summed E-state index contributed by atoms with van der Waals surface area (Å²) in [4.78, 5) is 13.5. The molecule has 0 saturated heterocycles. The van der Waals surface area contributed by atoms with E-state index in [9.17, 15) is 17.6 Å². The Morgan fingerprint density at radius 1 is 1.15 bits per heavy atom. The van der Waals surface area contributed by atoms with E-state index in [0.29, 0.717) is 17.2 Å². The number of ether oxygens (including phenoxy) is 2. The first-order valence-corrected chi connectivity index (χ1v) is 9.85. The largest absolute Gasteiger partial charge is 0.454 e. The lowest BCUT2D eigenvalue weighted by Gasteiger charge is -2.24. The molecule has 0 bridgehead atoms. The van der Waals surface area contributed by atoms with Gasteiger partial charge < -0.3 is 14.4 Å². The topological polar surface area (TPSA) is 84.9 Å². The molecule has 1 fully saturated rings. The van der Waals surface area contributed by atoms with E-state index in [1.54, 1.807) is 0 Å². The van der Waals surface area contributed by atoms with Gasteiger partial charge in [0.05, 0.1) is 16.3 Å². The maximum atomic E-state index is 13.8. The van der Waals surface area contributed by atoms with Crippen LogP contribution in [0.3, 0.4) is 0 Å². The number of carbonyl (C=O) groups excluding carboxylic acids is 1. The summed E-state index contributed by atoms with van der Waals surface area (Å²) in [5, 5.41) is 0. The molecule has 1 aliphatic carbocycles. The first-order valence-electron chi connectivity index (χ1n) is 8.37. The lowest BCUT2D eigenvalue weighted by molar-refractivity contribution is -0.116. The molecule has 1 aliphatic heterocycles. The van der Waals surface area contributed by atoms with Crippen LogP contribution >= 0.6 is 0 Å². The molecule has 0 atom stereocenters. The third-order valence-electron chi connectivity index (χ3n) is 4.37. The molecule has 1 saturated carbocycles. The van der Waals surface area contributed by atoms with E-state index in [0.717, 1.165) is 18.9 Å². The second-order valence-electron chi connectivity index (χ2n) is 6.40. The lowest BCUT2D eigenvalue weighted by atomic mass is 10.2. The second kappa shape index (κ2) is 6.41. The number of nitrogens with one attached hydrogen (secondary N) is 1. The number of carbonyl (C=O) groups is 1. The summed E-state index contributed by atoms with van der Waals surface area (Å²) in [5.74, 6) is -0.0633. The minimum absolute atomic E-state index is 0.00163. The zero-order valence-corrected chi connectivity index (χ0v) is 15.3. The van der Waals surface area contributed by atoms with Gasteiger partial charge in [0, 0.05) is 25.1 Å². The molecule has 2 aromatic rings. The molecule has 4 rings (SSSR count). The van der Waals surface area contributed by atoms with Gasteiger partial charge in [-0.15, -0.1) is 0 Å². The molecule has 2 aliphatic rings. The van der Waals surface area contributed by atoms with Crippen LogP contribution in [0.25, 0.3) is 0 Å². The van der Waals surface area contributed by atoms with E-state index >= 15 is 0 Å². The smallest absolute Gasteiger partial charge is 0.262 e. The zero-order chi connectivity index (χ0) is 19.2. The molecule has 2 aromatic carbocycles. The summed E-state index contributed by atoms with van der Waals surface area (Å²) in [6.45, 7) is 1.42. The highest BCUT2D eigenvalue weighted by Crippen LogP contribution is 2.38. The molecule has 1 amide bonds. The van der Waals surface area contributed by atoms with Crippen LogP contribution in [-0.2, 0) is 14.8 Å². The quantitative estimate of drug-likeness (QED) is 0.846. The van der Waals surface area contributed by atoms with Crippen LogP contribution < -0.4 is 19.1 Å². The molecule has 9 heteroatoms. The van der Waals surface area contributed by atoms with E-state index < -0.39 is 15.8 Å². The van der Waals surface area contributed by atoms with Gasteiger partial charge in [-0.25, -0.2) is 12.8 Å². The fourth-order valence-corrected chi connectivity index (χ4v) is 4.08. The first-order chi connectivity index (χ1) is 12.8. The monoisotopic (exact) mass is 392 g/mol. The van der Waals surface area contributed by atoms with Gasteiger partial charge in [0.2, 0.25) is 12.7 Å². The summed E-state index contributed by atoms with van der Waals surface area (Å²) < 4.78 is 52.2. The van der Waals surface area contributed by atoms with Gasteiger partial charge in [-0.1, -0.05) is 0 Å². The molecule has 0 aromatic heterocycles. The highest BCUT2D eigenvalue weighted by atomic mass is 32.2. The van der Waals surface area contributed by atoms with Crippen molar-refractivity contribution in [3.05, 3.63) is 42.2 Å². The van der Waals surface area contributed by atoms with Crippen molar-refractivity contribution in [3.8, 4) is 11.5 Å². The van der Waals surface area contributed by atoms with Crippen molar-refractivity contribution in [3.63, 3.8) is 0 Å². The minimum atomic E-state index is -4.03. The maximum absolute atomic E-state index is 13.8. The normalized spacial score (nSPS) is 15.5. The molecule has 1 N–H and O–H groups in total. The second-order valence-corrected chi connectivity index (χ2v) is 8.08. The van der Waals surface area contributed by atoms with Crippen LogP contribution in [0.4, 0.5) is 15.8 Å². The van der Waals surface area contributed by atoms with Gasteiger partial charge in [-0.3, -0.25) is 9.52 Å². The van der Waals surface area contributed by atoms with Crippen molar-refractivity contribution in [1.82, 2.24) is 0 Å². The SMILES string of the molecule is CC(=O)N(c1ccc(F)cc1NS(=O)(=O)c1ccc2c(c1)OCO2)C1CC1. The summed E-state index contributed by atoms with van der Waals surface area (Å²) in [6.07, 6.45) is 1.65. The fraction of sp³-hybridized carbons (Fsp3) is 0.278. The Bertz CT molecular complexity index is 1020. The van der Waals surface area contributed by atoms with Gasteiger partial charge in [0.1, 0.15) is 5.82 Å². The van der Waals surface area contributed by atoms with Crippen molar-refractivity contribution < 1.29 is 27.1 Å². The maximum Gasteiger partial charge on any atom is 0.262 e. The number of anilines is 2. The number of benzene rings is 2. The molecule has 0 radical (unpaired) electrons. The molecule has 1 heterocycles. The van der Waals surface area contributed by atoms with Crippen molar-refractivity contribution in [2.75, 3.05) is 16.4 Å². The van der Waals surface area contributed by atoms with Gasteiger partial charge in [0.15, 0.2) is 11.5 Å². The number of sulfonamides is 1. The number of hydrogen-bond acceptors (Lipinski definition) is 5. The Morgan fingerprint density at radius 3 is 2.59 bits per heavy atom. The summed E-state index contributed by atoms with van der Waals surface area (Å²) in [5.41, 5.74) is 0.338. The minimum Gasteiger partial charge on any atom is -0.454 e. The van der Waals surface area contributed by atoms with E-state index in [2.05, 4.69) is 4.72 Å². The summed E-state index contributed by atoms with van der Waals surface area (Å²) in [6, 6.07) is 7.89. The predicted octanol–water partition coefficient (Wildman–Crippen LogP) is 2.87. The Hall–Kier alpha value is -2.81. The number of hydrogen-bond donors (Lipinski definition) is 1. The standard InChI is InChI=1S/C18H17FN2O5S/c1-11(22)21(13-3-4-13)16-6-2-12(19)8-15(16)20-27(23,24)14-5-7-17-18(9-14)26-10-25-17/h2,5-9,13,20H,3-4,10H2,1H3. The number of amides is 1. The van der Waals surface area contributed by atoms with Crippen LogP contribution in [0.2, 0.25) is 0 Å². The van der Waals surface area contributed by atoms with Gasteiger partial charge in [-0.2, -0.15) is 0 Å². The van der Waals surface area contributed by atoms with Crippen LogP contribution in [0.5, 0.6) is 11.5 Å². The number of nitrogens with zero attached hydrogens (tertiary/aromatic N) is 1. The van der Waals surface area contributed by atoms with Crippen LogP contribution in [0.15, 0.2) is 41.3 Å². The fourth-order valence-electron chi connectivity index (χ4n) is 3.00. The van der Waals surface area contributed by atoms with E-state index in [1.165, 1.54) is 42.2 Å². The Labute approximate surface area is 155 Å². The average Bonchev–Trinajstić information content (AvgIpc) is 3.31. The van der Waals surface area contributed by atoms with Gasteiger partial charge in [-0.05, 0) is 37.1 Å². The first kappa shape index (κ1) is 17.6. The zero-order valence-electron chi connectivity index (χ0n) is 14.4. The molecular formula is C18H17FN2O5S. The Balaban J connectivity index is 1.71. The predicted molar refractivity (Wildman–Crippen MR) is 96.0 cm³/mol. The van der Waals surface area contributed by atoms with Gasteiger partial charge >= 0.3 is 0 Å². The summed E-state index contributed by atoms with van der Waals surface area (Å²) >= 11 is 0. The average molecular weight is 392 g/mol. The molecule has 27 heavy (non-hydrogen) atoms. The van der Waals surface area contributed by atoms with Crippen LogP contribution in [-0.4, -0.2) is 27.2 Å². The van der Waals surface area contributed by atoms with E-state index in [4.69, 9.17) is 9.47 Å². The van der Waals surface area contributed by atoms with Crippen molar-refractivity contribution >= 4 is 27.3 Å². The van der Waals surface area contributed by atoms with Gasteiger partial charge in [0.25, 0.3) is 10.0 Å². The molecule has 0 unspecified atom stereocenters. The third-order valence-corrected chi connectivity index (χ3v) is 5.73. The van der Waals surface area contributed by atoms with E-state index in [-0.39, 0.29) is 29.3 Å². The highest BCUT2D eigenvalue weighted by Gasteiger charge is 2.34. The molecule has 0 spiro atoms. The number of fused-ring (bicyclic) bond motifs is 1. The highest BCUT2D eigenvalue weighted by molar-refractivity contribution is 7.92. The van der Waals surface area contributed by atoms with Crippen LogP contribution in [0.1, 0.15) is 19.8 Å². The number of halogens is 1. The number of rotatable bonds is 5. The van der Waals surface area contributed by atoms with Crippen molar-refractivity contribution in [1.29, 1.82) is 0 Å².